The second kappa shape index (κ2) is 6.03. The van der Waals surface area contributed by atoms with Crippen molar-refractivity contribution in [3.8, 4) is 0 Å². The van der Waals surface area contributed by atoms with E-state index in [-0.39, 0.29) is 0 Å². The first-order valence-electron chi connectivity index (χ1n) is 6.89. The topological polar surface area (TPSA) is 50.6 Å². The van der Waals surface area contributed by atoms with Gasteiger partial charge in [-0.3, -0.25) is 0 Å². The summed E-state index contributed by atoms with van der Waals surface area (Å²) in [6.07, 6.45) is 4.45. The average molecular weight is 283 g/mol. The van der Waals surface area contributed by atoms with Crippen LogP contribution in [-0.2, 0) is 22.9 Å². The Bertz CT molecular complexity index is 538. The van der Waals surface area contributed by atoms with Crippen molar-refractivity contribution in [3.05, 3.63) is 29.3 Å². The van der Waals surface area contributed by atoms with Gasteiger partial charge in [-0.1, -0.05) is 6.07 Å². The molecule has 0 amide bonds. The van der Waals surface area contributed by atoms with Gasteiger partial charge in [0.25, 0.3) is 0 Å². The highest BCUT2D eigenvalue weighted by Gasteiger charge is 2.17. The number of quaternary nitrogens is 1. The van der Waals surface area contributed by atoms with Crippen LogP contribution in [0.5, 0.6) is 0 Å². The van der Waals surface area contributed by atoms with Crippen LogP contribution in [0, 0.1) is 0 Å². The minimum Gasteiger partial charge on any atom is -0.339 e. The number of fused-ring (bicyclic) bond motifs is 1. The molecule has 0 fully saturated rings. The van der Waals surface area contributed by atoms with Crippen molar-refractivity contribution in [1.82, 2.24) is 4.72 Å². The van der Waals surface area contributed by atoms with Crippen molar-refractivity contribution in [1.29, 1.82) is 0 Å². The molecule has 0 spiro atoms. The van der Waals surface area contributed by atoms with E-state index in [2.05, 4.69) is 4.72 Å². The first-order valence-corrected chi connectivity index (χ1v) is 8.38. The standard InChI is InChI=1S/C14H22N2O2S/c1-16(2)10-9-15-19(17,18)14-8-7-12-5-3-4-6-13(12)11-14/h7-8,11,15H,3-6,9-10H2,1-2H3/p+1. The fourth-order valence-corrected chi connectivity index (χ4v) is 3.48. The van der Waals surface area contributed by atoms with Crippen molar-refractivity contribution in [2.45, 2.75) is 30.6 Å². The number of hydrogen-bond acceptors (Lipinski definition) is 2. The summed E-state index contributed by atoms with van der Waals surface area (Å²) in [4.78, 5) is 1.63. The maximum absolute atomic E-state index is 12.2. The molecule has 2 rings (SSSR count). The zero-order valence-corrected chi connectivity index (χ0v) is 12.5. The lowest BCUT2D eigenvalue weighted by Gasteiger charge is -2.17. The Morgan fingerprint density at radius 2 is 1.84 bits per heavy atom. The first-order chi connectivity index (χ1) is 8.99. The highest BCUT2D eigenvalue weighted by molar-refractivity contribution is 7.89. The summed E-state index contributed by atoms with van der Waals surface area (Å²) in [6, 6.07) is 5.55. The van der Waals surface area contributed by atoms with Crippen molar-refractivity contribution in [2.24, 2.45) is 0 Å². The number of likely N-dealkylation sites (N-methyl/N-ethyl adjacent to an activating group) is 1. The van der Waals surface area contributed by atoms with Crippen LogP contribution in [0.2, 0.25) is 0 Å². The Morgan fingerprint density at radius 3 is 2.53 bits per heavy atom. The summed E-state index contributed by atoms with van der Waals surface area (Å²) in [7, 11) is 0.662. The molecule has 1 aliphatic rings. The number of hydrogen-bond donors (Lipinski definition) is 2. The van der Waals surface area contributed by atoms with Crippen LogP contribution < -0.4 is 9.62 Å². The van der Waals surface area contributed by atoms with E-state index < -0.39 is 10.0 Å². The number of aryl methyl sites for hydroxylation is 2. The van der Waals surface area contributed by atoms with Gasteiger partial charge in [-0.15, -0.1) is 0 Å². The molecule has 0 saturated heterocycles. The van der Waals surface area contributed by atoms with Crippen LogP contribution in [0.1, 0.15) is 24.0 Å². The summed E-state index contributed by atoms with van der Waals surface area (Å²) in [5, 5.41) is 0. The van der Waals surface area contributed by atoms with Gasteiger partial charge in [0, 0.05) is 0 Å². The third-order valence-corrected chi connectivity index (χ3v) is 5.01. The van der Waals surface area contributed by atoms with Gasteiger partial charge >= 0.3 is 0 Å². The molecule has 1 aromatic rings. The third-order valence-electron chi connectivity index (χ3n) is 3.55. The molecule has 1 aromatic carbocycles. The SMILES string of the molecule is C[NH+](C)CCNS(=O)(=O)c1ccc2c(c1)CCCC2. The lowest BCUT2D eigenvalue weighted by molar-refractivity contribution is -0.856. The van der Waals surface area contributed by atoms with Crippen molar-refractivity contribution in [3.63, 3.8) is 0 Å². The van der Waals surface area contributed by atoms with Crippen molar-refractivity contribution < 1.29 is 13.3 Å². The lowest BCUT2D eigenvalue weighted by atomic mass is 9.92. The van der Waals surface area contributed by atoms with Gasteiger partial charge in [-0.2, -0.15) is 0 Å². The minimum atomic E-state index is -3.35. The molecule has 0 aromatic heterocycles. The van der Waals surface area contributed by atoms with Gasteiger partial charge < -0.3 is 4.90 Å². The maximum atomic E-state index is 12.2. The summed E-state index contributed by atoms with van der Waals surface area (Å²) in [5.41, 5.74) is 2.51. The van der Waals surface area contributed by atoms with Gasteiger partial charge in [0.15, 0.2) is 0 Å². The average Bonchev–Trinajstić information content (AvgIpc) is 2.37. The van der Waals surface area contributed by atoms with Gasteiger partial charge in [0.1, 0.15) is 0 Å². The highest BCUT2D eigenvalue weighted by Crippen LogP contribution is 2.23. The molecule has 106 valence electrons. The molecule has 0 bridgehead atoms. The molecule has 0 unspecified atom stereocenters. The lowest BCUT2D eigenvalue weighted by Crippen LogP contribution is -3.06. The van der Waals surface area contributed by atoms with E-state index >= 15 is 0 Å². The minimum absolute atomic E-state index is 0.405. The molecular weight excluding hydrogens is 260 g/mol. The first kappa shape index (κ1) is 14.5. The zero-order valence-electron chi connectivity index (χ0n) is 11.7. The number of rotatable bonds is 5. The Morgan fingerprint density at radius 1 is 1.16 bits per heavy atom. The Labute approximate surface area is 115 Å². The highest BCUT2D eigenvalue weighted by atomic mass is 32.2. The third kappa shape index (κ3) is 3.78. The predicted molar refractivity (Wildman–Crippen MR) is 76.0 cm³/mol. The molecular formula is C14H23N2O2S+. The summed E-state index contributed by atoms with van der Waals surface area (Å²) in [6.45, 7) is 1.26. The van der Waals surface area contributed by atoms with E-state index in [1.54, 1.807) is 6.07 Å². The smallest absolute Gasteiger partial charge is 0.240 e. The summed E-state index contributed by atoms with van der Waals surface area (Å²) >= 11 is 0. The second-order valence-electron chi connectivity index (χ2n) is 5.49. The molecule has 0 saturated carbocycles. The number of nitrogens with one attached hydrogen (secondary N) is 2. The van der Waals surface area contributed by atoms with E-state index in [1.165, 1.54) is 22.4 Å². The Hall–Kier alpha value is -0.910. The van der Waals surface area contributed by atoms with E-state index in [4.69, 9.17) is 0 Å². The number of sulfonamides is 1. The van der Waals surface area contributed by atoms with Crippen LogP contribution in [0.3, 0.4) is 0 Å². The van der Waals surface area contributed by atoms with Gasteiger partial charge in [0.05, 0.1) is 32.1 Å². The van der Waals surface area contributed by atoms with E-state index in [1.807, 2.05) is 26.2 Å². The van der Waals surface area contributed by atoms with Crippen LogP contribution >= 0.6 is 0 Å². The predicted octanol–water partition coefficient (Wildman–Crippen LogP) is -0.0118. The van der Waals surface area contributed by atoms with Crippen LogP contribution in [0.15, 0.2) is 23.1 Å². The molecule has 0 heterocycles. The molecule has 2 N–H and O–H groups in total. The Balaban J connectivity index is 2.12. The summed E-state index contributed by atoms with van der Waals surface area (Å²) in [5.74, 6) is 0. The van der Waals surface area contributed by atoms with E-state index in [9.17, 15) is 8.42 Å². The maximum Gasteiger partial charge on any atom is 0.240 e. The van der Waals surface area contributed by atoms with Gasteiger partial charge in [0.2, 0.25) is 10.0 Å². The summed E-state index contributed by atoms with van der Waals surface area (Å²) < 4.78 is 27.0. The monoisotopic (exact) mass is 283 g/mol. The van der Waals surface area contributed by atoms with Crippen molar-refractivity contribution in [2.75, 3.05) is 27.2 Å². The fraction of sp³-hybridized carbons (Fsp3) is 0.571. The van der Waals surface area contributed by atoms with Crippen LogP contribution in [-0.4, -0.2) is 35.6 Å². The zero-order chi connectivity index (χ0) is 13.9. The normalized spacial score (nSPS) is 15.5. The van der Waals surface area contributed by atoms with Crippen molar-refractivity contribution >= 4 is 10.0 Å². The fourth-order valence-electron chi connectivity index (χ4n) is 2.40. The second-order valence-corrected chi connectivity index (χ2v) is 7.26. The van der Waals surface area contributed by atoms with Gasteiger partial charge in [-0.25, -0.2) is 13.1 Å². The molecule has 0 radical (unpaired) electrons. The quantitative estimate of drug-likeness (QED) is 0.798. The molecule has 1 aliphatic carbocycles. The molecule has 0 aliphatic heterocycles. The Kier molecular flexibility index (Phi) is 4.60. The molecule has 4 nitrogen and oxygen atoms in total. The number of benzene rings is 1. The van der Waals surface area contributed by atoms with Gasteiger partial charge in [-0.05, 0) is 48.9 Å². The largest absolute Gasteiger partial charge is 0.339 e. The van der Waals surface area contributed by atoms with Crippen LogP contribution in [0.25, 0.3) is 0 Å². The molecule has 19 heavy (non-hydrogen) atoms. The van der Waals surface area contributed by atoms with E-state index in [0.717, 1.165) is 25.8 Å². The molecule has 0 atom stereocenters. The van der Waals surface area contributed by atoms with E-state index in [0.29, 0.717) is 11.4 Å². The molecule has 5 heteroatoms. The van der Waals surface area contributed by atoms with Crippen LogP contribution in [0.4, 0.5) is 0 Å².